The van der Waals surface area contributed by atoms with Gasteiger partial charge in [0.05, 0.1) is 6.20 Å². The first kappa shape index (κ1) is 16.0. The van der Waals surface area contributed by atoms with Crippen molar-refractivity contribution in [2.24, 2.45) is 0 Å². The van der Waals surface area contributed by atoms with Crippen LogP contribution in [0.15, 0.2) is 36.5 Å². The first-order valence-corrected chi connectivity index (χ1v) is 7.96. The number of aromatic nitrogens is 3. The number of nitrogens with zero attached hydrogens (tertiary/aromatic N) is 4. The fraction of sp³-hybridized carbons (Fsp3) is 0.375. The van der Waals surface area contributed by atoms with Crippen molar-refractivity contribution in [2.45, 2.75) is 25.9 Å². The van der Waals surface area contributed by atoms with Gasteiger partial charge in [-0.3, -0.25) is 14.8 Å². The Labute approximate surface area is 139 Å². The monoisotopic (exact) mass is 328 g/mol. The highest BCUT2D eigenvalue weighted by atomic mass is 16.2. The van der Waals surface area contributed by atoms with Crippen molar-refractivity contribution in [3.63, 3.8) is 0 Å². The molecule has 0 unspecified atom stereocenters. The molecule has 1 fully saturated rings. The quantitative estimate of drug-likeness (QED) is 0.871. The summed E-state index contributed by atoms with van der Waals surface area (Å²) in [5, 5.41) is 13.3. The average molecular weight is 328 g/mol. The van der Waals surface area contributed by atoms with Gasteiger partial charge in [0.15, 0.2) is 5.82 Å². The molecule has 0 bridgehead atoms. The van der Waals surface area contributed by atoms with Gasteiger partial charge in [0.1, 0.15) is 6.04 Å². The molecule has 1 saturated heterocycles. The third kappa shape index (κ3) is 3.53. The summed E-state index contributed by atoms with van der Waals surface area (Å²) in [6.45, 7) is 3.51. The van der Waals surface area contributed by atoms with E-state index in [0.29, 0.717) is 31.9 Å². The third-order valence-electron chi connectivity index (χ3n) is 3.96. The van der Waals surface area contributed by atoms with Crippen LogP contribution in [0.2, 0.25) is 0 Å². The molecule has 1 aromatic heterocycles. The summed E-state index contributed by atoms with van der Waals surface area (Å²) in [6.07, 6.45) is 2.13. The molecular weight excluding hydrogens is 308 g/mol. The molecule has 1 aromatic carbocycles. The number of amides is 3. The van der Waals surface area contributed by atoms with Crippen molar-refractivity contribution in [3.05, 3.63) is 42.1 Å². The first-order valence-electron chi connectivity index (χ1n) is 7.96. The molecule has 126 valence electrons. The van der Waals surface area contributed by atoms with Crippen LogP contribution in [0.4, 0.5) is 10.6 Å². The predicted molar refractivity (Wildman–Crippen MR) is 88.4 cm³/mol. The number of nitrogens with one attached hydrogen (secondary N) is 2. The van der Waals surface area contributed by atoms with Crippen molar-refractivity contribution < 1.29 is 9.59 Å². The molecular formula is C16H20N6O2. The van der Waals surface area contributed by atoms with Crippen LogP contribution in [0.5, 0.6) is 0 Å². The summed E-state index contributed by atoms with van der Waals surface area (Å²) >= 11 is 0. The summed E-state index contributed by atoms with van der Waals surface area (Å²) < 4.78 is 1.62. The lowest BCUT2D eigenvalue weighted by Crippen LogP contribution is -2.59. The zero-order chi connectivity index (χ0) is 16.9. The zero-order valence-electron chi connectivity index (χ0n) is 13.5. The largest absolute Gasteiger partial charge is 0.353 e. The van der Waals surface area contributed by atoms with Crippen molar-refractivity contribution in [2.75, 3.05) is 18.4 Å². The Kier molecular flexibility index (Phi) is 4.74. The Morgan fingerprint density at radius 1 is 1.38 bits per heavy atom. The summed E-state index contributed by atoms with van der Waals surface area (Å²) in [5.41, 5.74) is 1.01. The van der Waals surface area contributed by atoms with Crippen LogP contribution in [0.3, 0.4) is 0 Å². The fourth-order valence-electron chi connectivity index (χ4n) is 2.69. The van der Waals surface area contributed by atoms with Crippen LogP contribution in [0.1, 0.15) is 12.5 Å². The van der Waals surface area contributed by atoms with E-state index < -0.39 is 6.04 Å². The molecule has 0 saturated carbocycles. The minimum atomic E-state index is -0.539. The van der Waals surface area contributed by atoms with E-state index in [2.05, 4.69) is 20.9 Å². The van der Waals surface area contributed by atoms with Gasteiger partial charge in [-0.05, 0) is 12.5 Å². The van der Waals surface area contributed by atoms with Crippen LogP contribution < -0.4 is 10.6 Å². The lowest BCUT2D eigenvalue weighted by Gasteiger charge is -2.34. The number of anilines is 1. The molecule has 8 nitrogen and oxygen atoms in total. The highest BCUT2D eigenvalue weighted by molar-refractivity contribution is 5.94. The van der Waals surface area contributed by atoms with Gasteiger partial charge in [0.2, 0.25) is 5.91 Å². The highest BCUT2D eigenvalue weighted by Crippen LogP contribution is 2.14. The Morgan fingerprint density at radius 2 is 2.17 bits per heavy atom. The van der Waals surface area contributed by atoms with E-state index in [4.69, 9.17) is 0 Å². The maximum Gasteiger partial charge on any atom is 0.323 e. The highest BCUT2D eigenvalue weighted by Gasteiger charge is 2.33. The number of aryl methyl sites for hydroxylation is 1. The maximum absolute atomic E-state index is 12.6. The van der Waals surface area contributed by atoms with Gasteiger partial charge in [0, 0.05) is 26.1 Å². The van der Waals surface area contributed by atoms with E-state index in [-0.39, 0.29) is 11.9 Å². The second kappa shape index (κ2) is 7.12. The number of piperazine rings is 1. The standard InChI is InChI=1S/C16H20N6O2/c1-2-21-11-14(19-20-21)18-16(24)22-9-8-17-15(23)13(22)10-12-6-4-3-5-7-12/h3-7,11,13H,2,8-10H2,1H3,(H,17,23)(H,18,24)/t13-/m1/s1. The molecule has 0 spiro atoms. The number of carbonyl (C=O) groups excluding carboxylic acids is 2. The molecule has 1 aliphatic heterocycles. The van der Waals surface area contributed by atoms with Gasteiger partial charge in [-0.2, -0.15) is 0 Å². The number of urea groups is 1. The van der Waals surface area contributed by atoms with E-state index in [1.165, 1.54) is 0 Å². The number of benzene rings is 1. The lowest BCUT2D eigenvalue weighted by atomic mass is 10.0. The number of hydrogen-bond donors (Lipinski definition) is 2. The van der Waals surface area contributed by atoms with Crippen LogP contribution in [0, 0.1) is 0 Å². The topological polar surface area (TPSA) is 92.2 Å². The van der Waals surface area contributed by atoms with Crippen molar-refractivity contribution in [1.82, 2.24) is 25.2 Å². The third-order valence-corrected chi connectivity index (χ3v) is 3.96. The normalized spacial score (nSPS) is 17.5. The Bertz CT molecular complexity index is 714. The Balaban J connectivity index is 1.72. The predicted octanol–water partition coefficient (Wildman–Crippen LogP) is 0.873. The van der Waals surface area contributed by atoms with Gasteiger partial charge >= 0.3 is 6.03 Å². The van der Waals surface area contributed by atoms with Crippen LogP contribution in [-0.4, -0.2) is 51.0 Å². The molecule has 24 heavy (non-hydrogen) atoms. The van der Waals surface area contributed by atoms with Gasteiger partial charge in [-0.15, -0.1) is 5.10 Å². The maximum atomic E-state index is 12.6. The summed E-state index contributed by atoms with van der Waals surface area (Å²) in [6, 6.07) is 8.78. The molecule has 0 aliphatic carbocycles. The summed E-state index contributed by atoms with van der Waals surface area (Å²) in [4.78, 5) is 26.4. The number of hydrogen-bond acceptors (Lipinski definition) is 4. The first-order chi connectivity index (χ1) is 11.7. The second-order valence-electron chi connectivity index (χ2n) is 5.58. The summed E-state index contributed by atoms with van der Waals surface area (Å²) in [5.74, 6) is 0.240. The van der Waals surface area contributed by atoms with E-state index in [9.17, 15) is 9.59 Å². The summed E-state index contributed by atoms with van der Waals surface area (Å²) in [7, 11) is 0. The lowest BCUT2D eigenvalue weighted by molar-refractivity contribution is -0.127. The molecule has 8 heteroatoms. The molecule has 2 aromatic rings. The number of carbonyl (C=O) groups is 2. The van der Waals surface area contributed by atoms with Crippen LogP contribution in [0.25, 0.3) is 0 Å². The van der Waals surface area contributed by atoms with E-state index in [0.717, 1.165) is 5.56 Å². The van der Waals surface area contributed by atoms with Crippen molar-refractivity contribution in [1.29, 1.82) is 0 Å². The number of rotatable bonds is 4. The fourth-order valence-corrected chi connectivity index (χ4v) is 2.69. The molecule has 2 N–H and O–H groups in total. The van der Waals surface area contributed by atoms with E-state index in [1.54, 1.807) is 15.8 Å². The van der Waals surface area contributed by atoms with Gasteiger partial charge in [0.25, 0.3) is 0 Å². The minimum Gasteiger partial charge on any atom is -0.353 e. The Morgan fingerprint density at radius 3 is 2.88 bits per heavy atom. The smallest absolute Gasteiger partial charge is 0.323 e. The Hall–Kier alpha value is -2.90. The van der Waals surface area contributed by atoms with E-state index in [1.807, 2.05) is 37.3 Å². The molecule has 1 atom stereocenters. The molecule has 0 radical (unpaired) electrons. The molecule has 3 amide bonds. The zero-order valence-corrected chi connectivity index (χ0v) is 13.5. The van der Waals surface area contributed by atoms with Gasteiger partial charge in [-0.25, -0.2) is 4.79 Å². The van der Waals surface area contributed by atoms with Crippen molar-refractivity contribution in [3.8, 4) is 0 Å². The molecule has 1 aliphatic rings. The molecule has 3 rings (SSSR count). The molecule has 2 heterocycles. The van der Waals surface area contributed by atoms with Crippen LogP contribution in [-0.2, 0) is 17.8 Å². The average Bonchev–Trinajstić information content (AvgIpc) is 3.05. The van der Waals surface area contributed by atoms with E-state index >= 15 is 0 Å². The van der Waals surface area contributed by atoms with Gasteiger partial charge in [-0.1, -0.05) is 35.5 Å². The SMILES string of the molecule is CCn1cc(NC(=O)N2CCNC(=O)[C@H]2Cc2ccccc2)nn1. The minimum absolute atomic E-state index is 0.141. The van der Waals surface area contributed by atoms with Crippen LogP contribution >= 0.6 is 0 Å². The second-order valence-corrected chi connectivity index (χ2v) is 5.58. The van der Waals surface area contributed by atoms with Gasteiger partial charge < -0.3 is 10.2 Å². The van der Waals surface area contributed by atoms with Crippen molar-refractivity contribution >= 4 is 17.8 Å².